The minimum absolute atomic E-state index is 0.165. The van der Waals surface area contributed by atoms with E-state index in [0.29, 0.717) is 5.69 Å². The number of H-pyrrole nitrogens is 1. The highest BCUT2D eigenvalue weighted by Crippen LogP contribution is 2.20. The number of aromatic amines is 1. The summed E-state index contributed by atoms with van der Waals surface area (Å²) in [7, 11) is 0. The van der Waals surface area contributed by atoms with E-state index >= 15 is 0 Å². The van der Waals surface area contributed by atoms with E-state index in [4.69, 9.17) is 0 Å². The van der Waals surface area contributed by atoms with E-state index in [2.05, 4.69) is 15.5 Å². The van der Waals surface area contributed by atoms with Crippen LogP contribution in [0.15, 0.2) is 53.2 Å². The zero-order chi connectivity index (χ0) is 15.4. The molecule has 3 N–H and O–H groups in total. The summed E-state index contributed by atoms with van der Waals surface area (Å²) in [6.45, 7) is -0.165. The number of benzene rings is 1. The van der Waals surface area contributed by atoms with E-state index in [1.54, 1.807) is 17.4 Å². The quantitative estimate of drug-likeness (QED) is 0.677. The van der Waals surface area contributed by atoms with Gasteiger partial charge in [0, 0.05) is 10.9 Å². The molecular weight excluding hydrogens is 298 g/mol. The monoisotopic (exact) mass is 313 g/mol. The van der Waals surface area contributed by atoms with Crippen LogP contribution in [-0.4, -0.2) is 27.8 Å². The second kappa shape index (κ2) is 6.55. The molecule has 5 nitrogen and oxygen atoms in total. The molecule has 0 aliphatic heterocycles. The molecule has 3 rings (SSSR count). The first kappa shape index (κ1) is 14.5. The molecule has 1 unspecified atom stereocenters. The third kappa shape index (κ3) is 3.08. The van der Waals surface area contributed by atoms with Gasteiger partial charge in [-0.05, 0) is 23.1 Å². The van der Waals surface area contributed by atoms with E-state index in [1.807, 2.05) is 47.2 Å². The van der Waals surface area contributed by atoms with Crippen molar-refractivity contribution in [3.05, 3.63) is 64.5 Å². The van der Waals surface area contributed by atoms with Crippen molar-refractivity contribution in [2.45, 2.75) is 6.04 Å². The van der Waals surface area contributed by atoms with E-state index in [0.717, 1.165) is 16.8 Å². The van der Waals surface area contributed by atoms with Gasteiger partial charge < -0.3 is 10.4 Å². The molecule has 22 heavy (non-hydrogen) atoms. The number of aliphatic hydroxyl groups is 1. The van der Waals surface area contributed by atoms with Crippen molar-refractivity contribution in [2.24, 2.45) is 0 Å². The Morgan fingerprint density at radius 2 is 2.14 bits per heavy atom. The topological polar surface area (TPSA) is 78.0 Å². The normalized spacial score (nSPS) is 12.0. The summed E-state index contributed by atoms with van der Waals surface area (Å²) >= 11 is 1.58. The van der Waals surface area contributed by atoms with Crippen LogP contribution in [0.4, 0.5) is 0 Å². The van der Waals surface area contributed by atoms with Crippen LogP contribution in [-0.2, 0) is 0 Å². The molecule has 0 saturated carbocycles. The molecule has 0 aliphatic rings. The fourth-order valence-corrected chi connectivity index (χ4v) is 2.80. The average Bonchev–Trinajstić information content (AvgIpc) is 3.23. The number of amides is 1. The van der Waals surface area contributed by atoms with Crippen LogP contribution in [0.3, 0.4) is 0 Å². The van der Waals surface area contributed by atoms with Gasteiger partial charge in [0.05, 0.1) is 18.3 Å². The number of carbonyl (C=O) groups excluding carboxylic acids is 1. The number of nitrogens with one attached hydrogen (secondary N) is 2. The van der Waals surface area contributed by atoms with Crippen molar-refractivity contribution in [1.29, 1.82) is 0 Å². The number of aliphatic hydroxyl groups excluding tert-OH is 1. The van der Waals surface area contributed by atoms with Crippen molar-refractivity contribution in [3.8, 4) is 11.3 Å². The van der Waals surface area contributed by atoms with E-state index in [9.17, 15) is 9.90 Å². The zero-order valence-electron chi connectivity index (χ0n) is 11.7. The van der Waals surface area contributed by atoms with Crippen LogP contribution >= 0.6 is 11.3 Å². The molecule has 0 spiro atoms. The Hall–Kier alpha value is -2.44. The lowest BCUT2D eigenvalue weighted by Gasteiger charge is -2.15. The number of nitrogens with zero attached hydrogens (tertiary/aromatic N) is 1. The number of rotatable bonds is 5. The zero-order valence-corrected chi connectivity index (χ0v) is 12.5. The molecule has 0 bridgehead atoms. The fraction of sp³-hybridized carbons (Fsp3) is 0.125. The molecule has 0 aliphatic carbocycles. The van der Waals surface area contributed by atoms with Crippen molar-refractivity contribution >= 4 is 17.2 Å². The maximum atomic E-state index is 12.3. The van der Waals surface area contributed by atoms with Gasteiger partial charge >= 0.3 is 0 Å². The van der Waals surface area contributed by atoms with Crippen LogP contribution in [0.2, 0.25) is 0 Å². The molecule has 112 valence electrons. The van der Waals surface area contributed by atoms with Gasteiger partial charge in [-0.15, -0.1) is 0 Å². The van der Waals surface area contributed by atoms with Gasteiger partial charge in [0.2, 0.25) is 0 Å². The summed E-state index contributed by atoms with van der Waals surface area (Å²) in [5.41, 5.74) is 2.93. The summed E-state index contributed by atoms with van der Waals surface area (Å²) in [4.78, 5) is 12.3. The molecule has 0 saturated heterocycles. The van der Waals surface area contributed by atoms with Crippen LogP contribution in [0, 0.1) is 0 Å². The number of thiophene rings is 1. The summed E-state index contributed by atoms with van der Waals surface area (Å²) in [5.74, 6) is -0.295. The molecule has 6 heteroatoms. The maximum Gasteiger partial charge on any atom is 0.269 e. The Morgan fingerprint density at radius 3 is 2.82 bits per heavy atom. The van der Waals surface area contributed by atoms with Crippen molar-refractivity contribution < 1.29 is 9.90 Å². The third-order valence-electron chi connectivity index (χ3n) is 3.33. The van der Waals surface area contributed by atoms with Gasteiger partial charge in [-0.25, -0.2) is 0 Å². The van der Waals surface area contributed by atoms with E-state index < -0.39 is 6.04 Å². The van der Waals surface area contributed by atoms with Gasteiger partial charge in [-0.3, -0.25) is 9.89 Å². The van der Waals surface area contributed by atoms with Crippen molar-refractivity contribution in [2.75, 3.05) is 6.61 Å². The highest BCUT2D eigenvalue weighted by atomic mass is 32.1. The number of aromatic nitrogens is 2. The first-order chi connectivity index (χ1) is 10.8. The second-order valence-electron chi connectivity index (χ2n) is 4.80. The molecule has 3 aromatic rings. The van der Waals surface area contributed by atoms with Crippen LogP contribution in [0.5, 0.6) is 0 Å². The minimum Gasteiger partial charge on any atom is -0.394 e. The maximum absolute atomic E-state index is 12.3. The Bertz CT molecular complexity index is 738. The minimum atomic E-state index is -0.443. The predicted octanol–water partition coefficient (Wildman–Crippen LogP) is 2.60. The number of carbonyl (C=O) groups is 1. The predicted molar refractivity (Wildman–Crippen MR) is 85.6 cm³/mol. The lowest BCUT2D eigenvalue weighted by molar-refractivity contribution is 0.0911. The van der Waals surface area contributed by atoms with Gasteiger partial charge in [-0.2, -0.15) is 16.4 Å². The van der Waals surface area contributed by atoms with Crippen molar-refractivity contribution in [1.82, 2.24) is 15.5 Å². The summed E-state index contributed by atoms with van der Waals surface area (Å²) < 4.78 is 0. The smallest absolute Gasteiger partial charge is 0.269 e. The SMILES string of the molecule is O=C(NC(CO)c1ccccc1)c1cc(-c2ccsc2)n[nH]1. The van der Waals surface area contributed by atoms with Crippen LogP contribution < -0.4 is 5.32 Å². The Balaban J connectivity index is 1.74. The molecule has 1 aromatic carbocycles. The Labute approximate surface area is 131 Å². The van der Waals surface area contributed by atoms with Gasteiger partial charge in [-0.1, -0.05) is 30.3 Å². The molecule has 1 amide bonds. The molecule has 0 fully saturated rings. The number of hydrogen-bond donors (Lipinski definition) is 3. The number of hydrogen-bond acceptors (Lipinski definition) is 4. The first-order valence-electron chi connectivity index (χ1n) is 6.82. The van der Waals surface area contributed by atoms with Gasteiger partial charge in [0.15, 0.2) is 0 Å². The van der Waals surface area contributed by atoms with Gasteiger partial charge in [0.1, 0.15) is 5.69 Å². The van der Waals surface area contributed by atoms with E-state index in [1.165, 1.54) is 0 Å². The fourth-order valence-electron chi connectivity index (χ4n) is 2.15. The lowest BCUT2D eigenvalue weighted by Crippen LogP contribution is -2.31. The summed E-state index contributed by atoms with van der Waals surface area (Å²) in [6, 6.07) is 12.6. The Morgan fingerprint density at radius 1 is 1.32 bits per heavy atom. The summed E-state index contributed by atoms with van der Waals surface area (Å²) in [6.07, 6.45) is 0. The molecule has 1 atom stereocenters. The van der Waals surface area contributed by atoms with Crippen molar-refractivity contribution in [3.63, 3.8) is 0 Å². The van der Waals surface area contributed by atoms with E-state index in [-0.39, 0.29) is 12.5 Å². The molecule has 0 radical (unpaired) electrons. The van der Waals surface area contributed by atoms with Crippen LogP contribution in [0.1, 0.15) is 22.1 Å². The lowest BCUT2D eigenvalue weighted by atomic mass is 10.1. The largest absolute Gasteiger partial charge is 0.394 e. The van der Waals surface area contributed by atoms with Gasteiger partial charge in [0.25, 0.3) is 5.91 Å². The Kier molecular flexibility index (Phi) is 4.32. The average molecular weight is 313 g/mol. The highest BCUT2D eigenvalue weighted by molar-refractivity contribution is 7.08. The first-order valence-corrected chi connectivity index (χ1v) is 7.77. The highest BCUT2D eigenvalue weighted by Gasteiger charge is 2.17. The van der Waals surface area contributed by atoms with Crippen LogP contribution in [0.25, 0.3) is 11.3 Å². The summed E-state index contributed by atoms with van der Waals surface area (Å²) in [5, 5.41) is 23.1. The second-order valence-corrected chi connectivity index (χ2v) is 5.58. The molecular formula is C16H15N3O2S. The standard InChI is InChI=1S/C16H15N3O2S/c20-9-15(11-4-2-1-3-5-11)17-16(21)14-8-13(18-19-14)12-6-7-22-10-12/h1-8,10,15,20H,9H2,(H,17,21)(H,18,19). The molecule has 2 heterocycles. The third-order valence-corrected chi connectivity index (χ3v) is 4.01. The molecule has 2 aromatic heterocycles.